The Morgan fingerprint density at radius 1 is 0.489 bits per heavy atom. The lowest BCUT2D eigenvalue weighted by atomic mass is 10.1. The summed E-state index contributed by atoms with van der Waals surface area (Å²) in [6, 6.07) is 0. The Labute approximate surface area is 290 Å². The molecule has 6 nitrogen and oxygen atoms in total. The molecule has 0 fully saturated rings. The van der Waals surface area contributed by atoms with Crippen LogP contribution in [0.5, 0.6) is 0 Å². The van der Waals surface area contributed by atoms with Gasteiger partial charge in [0.25, 0.3) is 0 Å². The molecule has 0 amide bonds. The average molecular weight is 662 g/mol. The second kappa shape index (κ2) is 35.4. The fourth-order valence-electron chi connectivity index (χ4n) is 5.62. The van der Waals surface area contributed by atoms with Gasteiger partial charge in [0.1, 0.15) is 0 Å². The van der Waals surface area contributed by atoms with E-state index in [-0.39, 0.29) is 19.4 Å². The Morgan fingerprint density at radius 2 is 0.830 bits per heavy atom. The van der Waals surface area contributed by atoms with E-state index in [2.05, 4.69) is 38.2 Å². The van der Waals surface area contributed by atoms with E-state index < -0.39 is 24.0 Å². The van der Waals surface area contributed by atoms with Gasteiger partial charge in [-0.05, 0) is 78.3 Å². The molecule has 0 aromatic heterocycles. The van der Waals surface area contributed by atoms with Crippen LogP contribution in [0.1, 0.15) is 194 Å². The number of unbranched alkanes of at least 4 members (excludes halogenated alkanes) is 22. The molecular weight excluding hydrogens is 586 g/mol. The molecule has 0 spiro atoms. The molecule has 0 N–H and O–H groups in total. The topological polar surface area (TPSA) is 72.9 Å². The summed E-state index contributed by atoms with van der Waals surface area (Å²) in [6.45, 7) is 4.70. The van der Waals surface area contributed by atoms with Gasteiger partial charge in [0.15, 0.2) is 0 Å². The Hall–Kier alpha value is -1.95. The van der Waals surface area contributed by atoms with Gasteiger partial charge >= 0.3 is 17.9 Å². The first-order chi connectivity index (χ1) is 22.9. The van der Waals surface area contributed by atoms with Crippen LogP contribution in [0.4, 0.5) is 0 Å². The van der Waals surface area contributed by atoms with Crippen LogP contribution in [-0.4, -0.2) is 49.6 Å². The molecule has 0 saturated heterocycles. The lowest BCUT2D eigenvalue weighted by Crippen LogP contribution is -2.38. The minimum atomic E-state index is -1.08. The van der Waals surface area contributed by atoms with E-state index in [1.807, 2.05) is 0 Å². The third-order valence-corrected chi connectivity index (χ3v) is 8.57. The molecule has 0 aromatic rings. The van der Waals surface area contributed by atoms with Crippen molar-refractivity contribution in [2.75, 3.05) is 20.6 Å². The smallest absolute Gasteiger partial charge is 0.356 e. The maximum atomic E-state index is 12.6. The summed E-state index contributed by atoms with van der Waals surface area (Å²) in [6.07, 6.45) is 39.6. The molecule has 0 radical (unpaired) electrons. The quantitative estimate of drug-likeness (QED) is 0.0296. The fourth-order valence-corrected chi connectivity index (χ4v) is 5.62. The highest BCUT2D eigenvalue weighted by Crippen LogP contribution is 2.13. The van der Waals surface area contributed by atoms with E-state index >= 15 is 0 Å². The van der Waals surface area contributed by atoms with Gasteiger partial charge < -0.3 is 14.4 Å². The number of carbonyl (C=O) groups excluding carboxylic acids is 3. The summed E-state index contributed by atoms with van der Waals surface area (Å²) in [5.74, 6) is -1.71. The maximum Gasteiger partial charge on any atom is 0.356 e. The van der Waals surface area contributed by atoms with Crippen molar-refractivity contribution in [2.24, 2.45) is 0 Å². The van der Waals surface area contributed by atoms with Gasteiger partial charge in [0.2, 0.25) is 6.10 Å². The van der Waals surface area contributed by atoms with Crippen LogP contribution in [0.3, 0.4) is 0 Å². The Morgan fingerprint density at radius 3 is 1.21 bits per heavy atom. The molecule has 0 aliphatic carbocycles. The number of allylic oxidation sites excluding steroid dienone is 4. The van der Waals surface area contributed by atoms with E-state index in [9.17, 15) is 14.4 Å². The summed E-state index contributed by atoms with van der Waals surface area (Å²) in [5.41, 5.74) is 0. The number of rotatable bonds is 34. The lowest BCUT2D eigenvalue weighted by Gasteiger charge is -2.19. The van der Waals surface area contributed by atoms with Crippen molar-refractivity contribution in [3.8, 4) is 0 Å². The lowest BCUT2D eigenvalue weighted by molar-refractivity contribution is -0.175. The van der Waals surface area contributed by atoms with Crippen LogP contribution in [-0.2, 0) is 23.9 Å². The molecule has 1 atom stereocenters. The van der Waals surface area contributed by atoms with Gasteiger partial charge in [-0.25, -0.2) is 4.79 Å². The number of hydrogen-bond donors (Lipinski definition) is 0. The van der Waals surface area contributed by atoms with Gasteiger partial charge in [-0.2, -0.15) is 0 Å². The Bertz CT molecular complexity index is 791. The minimum Gasteiger partial charge on any atom is -0.449 e. The first-order valence-corrected chi connectivity index (χ1v) is 19.8. The zero-order chi connectivity index (χ0) is 34.6. The predicted octanol–water partition coefficient (Wildman–Crippen LogP) is 11.6. The van der Waals surface area contributed by atoms with Crippen LogP contribution < -0.4 is 0 Å². The maximum absolute atomic E-state index is 12.6. The molecule has 6 heteroatoms. The monoisotopic (exact) mass is 662 g/mol. The predicted molar refractivity (Wildman–Crippen MR) is 198 cm³/mol. The van der Waals surface area contributed by atoms with Crippen molar-refractivity contribution >= 4 is 17.9 Å². The van der Waals surface area contributed by atoms with Crippen molar-refractivity contribution in [3.05, 3.63) is 24.3 Å². The van der Waals surface area contributed by atoms with E-state index in [1.54, 1.807) is 19.0 Å². The van der Waals surface area contributed by atoms with Crippen molar-refractivity contribution < 1.29 is 23.9 Å². The Balaban J connectivity index is 3.93. The summed E-state index contributed by atoms with van der Waals surface area (Å²) < 4.78 is 10.5. The number of carbonyl (C=O) groups is 3. The standard InChI is InChI=1S/C41H75NO5/c1-5-7-9-11-13-15-17-19-21-23-25-27-29-31-33-35-39(43)46-38(37-42(3)4)41(45)47-40(44)36-34-32-30-28-26-24-22-20-18-16-14-12-10-8-6-2/h19-22,38H,5-18,23-37H2,1-4H3/b21-19-,22-20-. The summed E-state index contributed by atoms with van der Waals surface area (Å²) in [5, 5.41) is 0. The molecule has 0 rings (SSSR count). The molecule has 47 heavy (non-hydrogen) atoms. The molecule has 0 saturated carbocycles. The fraction of sp³-hybridized carbons (Fsp3) is 0.829. The van der Waals surface area contributed by atoms with Crippen LogP contribution in [0.25, 0.3) is 0 Å². The van der Waals surface area contributed by atoms with Gasteiger partial charge in [-0.3, -0.25) is 9.59 Å². The number of likely N-dealkylation sites (N-methyl/N-ethyl adjacent to an activating group) is 1. The molecule has 1 unspecified atom stereocenters. The SMILES string of the molecule is CCCCCCCC/C=C\CCCCCCCC(=O)OC(=O)C(CN(C)C)OC(=O)CCCCCCC/C=C\CCCCCCCC. The first-order valence-electron chi connectivity index (χ1n) is 19.8. The highest BCUT2D eigenvalue weighted by Gasteiger charge is 2.27. The second-order valence-corrected chi connectivity index (χ2v) is 13.7. The van der Waals surface area contributed by atoms with Crippen molar-refractivity contribution in [2.45, 2.75) is 200 Å². The summed E-state index contributed by atoms with van der Waals surface area (Å²) in [4.78, 5) is 39.1. The number of nitrogens with zero attached hydrogens (tertiary/aromatic N) is 1. The van der Waals surface area contributed by atoms with Crippen LogP contribution in [0.2, 0.25) is 0 Å². The first kappa shape index (κ1) is 45.0. The normalized spacial score (nSPS) is 12.4. The zero-order valence-corrected chi connectivity index (χ0v) is 31.4. The minimum absolute atomic E-state index is 0.192. The van der Waals surface area contributed by atoms with Crippen LogP contribution in [0.15, 0.2) is 24.3 Å². The number of ether oxygens (including phenoxy) is 2. The average Bonchev–Trinajstić information content (AvgIpc) is 3.04. The highest BCUT2D eigenvalue weighted by atomic mass is 16.6. The van der Waals surface area contributed by atoms with Gasteiger partial charge in [-0.15, -0.1) is 0 Å². The third kappa shape index (κ3) is 33.7. The largest absolute Gasteiger partial charge is 0.449 e. The van der Waals surface area contributed by atoms with Crippen molar-refractivity contribution in [3.63, 3.8) is 0 Å². The number of hydrogen-bond acceptors (Lipinski definition) is 6. The van der Waals surface area contributed by atoms with Crippen LogP contribution >= 0.6 is 0 Å². The van der Waals surface area contributed by atoms with E-state index in [1.165, 1.54) is 103 Å². The number of esters is 3. The van der Waals surface area contributed by atoms with Gasteiger partial charge in [0, 0.05) is 19.4 Å². The third-order valence-electron chi connectivity index (χ3n) is 8.57. The molecular formula is C41H75NO5. The summed E-state index contributed by atoms with van der Waals surface area (Å²) in [7, 11) is 3.59. The highest BCUT2D eigenvalue weighted by molar-refractivity contribution is 5.89. The van der Waals surface area contributed by atoms with E-state index in [0.29, 0.717) is 6.42 Å². The Kier molecular flexibility index (Phi) is 33.9. The molecule has 0 aromatic carbocycles. The molecule has 274 valence electrons. The molecule has 0 aliphatic rings. The van der Waals surface area contributed by atoms with Crippen molar-refractivity contribution in [1.82, 2.24) is 4.90 Å². The van der Waals surface area contributed by atoms with Crippen LogP contribution in [0, 0.1) is 0 Å². The van der Waals surface area contributed by atoms with Gasteiger partial charge in [0.05, 0.1) is 0 Å². The van der Waals surface area contributed by atoms with E-state index in [0.717, 1.165) is 57.8 Å². The van der Waals surface area contributed by atoms with E-state index in [4.69, 9.17) is 9.47 Å². The molecule has 0 bridgehead atoms. The zero-order valence-electron chi connectivity index (χ0n) is 31.4. The van der Waals surface area contributed by atoms with Crippen molar-refractivity contribution in [1.29, 1.82) is 0 Å². The molecule has 0 heterocycles. The molecule has 0 aliphatic heterocycles. The summed E-state index contributed by atoms with van der Waals surface area (Å²) >= 11 is 0. The van der Waals surface area contributed by atoms with Gasteiger partial charge in [-0.1, -0.05) is 141 Å². The second-order valence-electron chi connectivity index (χ2n) is 13.7.